The summed E-state index contributed by atoms with van der Waals surface area (Å²) < 4.78 is 32.3. The van der Waals surface area contributed by atoms with Crippen LogP contribution in [0.4, 0.5) is 0 Å². The molecule has 1 aromatic carbocycles. The van der Waals surface area contributed by atoms with Crippen LogP contribution in [0.5, 0.6) is 0 Å². The average molecular weight is 334 g/mol. The molecule has 7 heteroatoms. The van der Waals surface area contributed by atoms with Gasteiger partial charge in [0.05, 0.1) is 17.6 Å². The molecule has 1 fully saturated rings. The van der Waals surface area contributed by atoms with Gasteiger partial charge in [0.25, 0.3) is 0 Å². The standard InChI is InChI=1S/C14H20ClNO4S/c1-2-20-12-4-3-7-16(9-12)21(18,19)13-6-5-11(10-17)14(15)8-13/h5-6,8,12,17H,2-4,7,9-10H2,1H3. The van der Waals surface area contributed by atoms with E-state index in [4.69, 9.17) is 21.4 Å². The number of rotatable bonds is 5. The Morgan fingerprint density at radius 3 is 2.86 bits per heavy atom. The second-order valence-electron chi connectivity index (χ2n) is 4.99. The molecule has 1 unspecified atom stereocenters. The molecule has 1 heterocycles. The van der Waals surface area contributed by atoms with E-state index in [1.165, 1.54) is 16.4 Å². The number of aliphatic hydroxyl groups excluding tert-OH is 1. The van der Waals surface area contributed by atoms with Crippen molar-refractivity contribution in [2.24, 2.45) is 0 Å². The van der Waals surface area contributed by atoms with Gasteiger partial charge in [0.15, 0.2) is 0 Å². The lowest BCUT2D eigenvalue weighted by atomic mass is 10.1. The van der Waals surface area contributed by atoms with E-state index in [0.717, 1.165) is 12.8 Å². The summed E-state index contributed by atoms with van der Waals surface area (Å²) in [6.07, 6.45) is 1.61. The van der Waals surface area contributed by atoms with Gasteiger partial charge in [0.1, 0.15) is 0 Å². The molecule has 21 heavy (non-hydrogen) atoms. The highest BCUT2D eigenvalue weighted by atomic mass is 35.5. The minimum atomic E-state index is -3.57. The van der Waals surface area contributed by atoms with Crippen LogP contribution < -0.4 is 0 Å². The quantitative estimate of drug-likeness (QED) is 0.895. The molecule has 2 rings (SSSR count). The normalized spacial score (nSPS) is 20.6. The van der Waals surface area contributed by atoms with Crippen LogP contribution in [0, 0.1) is 0 Å². The van der Waals surface area contributed by atoms with E-state index in [-0.39, 0.29) is 22.6 Å². The van der Waals surface area contributed by atoms with Gasteiger partial charge in [0, 0.05) is 24.7 Å². The van der Waals surface area contributed by atoms with E-state index >= 15 is 0 Å². The summed E-state index contributed by atoms with van der Waals surface area (Å²) in [7, 11) is -3.57. The van der Waals surface area contributed by atoms with E-state index in [1.807, 2.05) is 6.92 Å². The van der Waals surface area contributed by atoms with Gasteiger partial charge < -0.3 is 9.84 Å². The van der Waals surface area contributed by atoms with Crippen molar-refractivity contribution in [2.75, 3.05) is 19.7 Å². The Morgan fingerprint density at radius 1 is 1.48 bits per heavy atom. The highest BCUT2D eigenvalue weighted by Crippen LogP contribution is 2.26. The maximum absolute atomic E-state index is 12.6. The number of piperidine rings is 1. The first-order valence-corrected chi connectivity index (χ1v) is 8.82. The van der Waals surface area contributed by atoms with Crippen molar-refractivity contribution in [3.8, 4) is 0 Å². The lowest BCUT2D eigenvalue weighted by molar-refractivity contribution is 0.0265. The van der Waals surface area contributed by atoms with Gasteiger partial charge in [-0.2, -0.15) is 4.31 Å². The molecule has 0 saturated carbocycles. The summed E-state index contributed by atoms with van der Waals surface area (Å²) in [5.41, 5.74) is 0.515. The van der Waals surface area contributed by atoms with Crippen molar-refractivity contribution < 1.29 is 18.3 Å². The van der Waals surface area contributed by atoms with Crippen LogP contribution in [0.1, 0.15) is 25.3 Å². The molecule has 1 N–H and O–H groups in total. The average Bonchev–Trinajstić information content (AvgIpc) is 2.48. The van der Waals surface area contributed by atoms with Gasteiger partial charge in [-0.05, 0) is 37.5 Å². The predicted octanol–water partition coefficient (Wildman–Crippen LogP) is 2.02. The van der Waals surface area contributed by atoms with Gasteiger partial charge in [-0.1, -0.05) is 17.7 Å². The van der Waals surface area contributed by atoms with Crippen LogP contribution in [-0.2, 0) is 21.4 Å². The minimum Gasteiger partial charge on any atom is -0.392 e. The smallest absolute Gasteiger partial charge is 0.243 e. The highest BCUT2D eigenvalue weighted by molar-refractivity contribution is 7.89. The summed E-state index contributed by atoms with van der Waals surface area (Å²) in [4.78, 5) is 0.154. The van der Waals surface area contributed by atoms with Crippen molar-refractivity contribution in [1.29, 1.82) is 0 Å². The Hall–Kier alpha value is -0.660. The molecule has 1 aromatic rings. The monoisotopic (exact) mass is 333 g/mol. The Kier molecular flexibility index (Phi) is 5.62. The molecule has 1 saturated heterocycles. The first-order chi connectivity index (χ1) is 9.98. The topological polar surface area (TPSA) is 66.8 Å². The maximum Gasteiger partial charge on any atom is 0.243 e. The molecule has 0 spiro atoms. The third-order valence-corrected chi connectivity index (χ3v) is 5.79. The summed E-state index contributed by atoms with van der Waals surface area (Å²) >= 11 is 5.99. The van der Waals surface area contributed by atoms with Crippen molar-refractivity contribution >= 4 is 21.6 Å². The second-order valence-corrected chi connectivity index (χ2v) is 7.34. The van der Waals surface area contributed by atoms with Crippen molar-refractivity contribution in [3.05, 3.63) is 28.8 Å². The number of hydrogen-bond donors (Lipinski definition) is 1. The van der Waals surface area contributed by atoms with Crippen LogP contribution >= 0.6 is 11.6 Å². The van der Waals surface area contributed by atoms with Crippen LogP contribution in [-0.4, -0.2) is 43.6 Å². The highest BCUT2D eigenvalue weighted by Gasteiger charge is 2.30. The molecule has 0 bridgehead atoms. The molecule has 0 amide bonds. The third kappa shape index (κ3) is 3.76. The zero-order chi connectivity index (χ0) is 15.5. The van der Waals surface area contributed by atoms with Gasteiger partial charge in [-0.25, -0.2) is 8.42 Å². The number of halogens is 1. The Bertz CT molecular complexity index is 589. The van der Waals surface area contributed by atoms with Crippen LogP contribution in [0.3, 0.4) is 0 Å². The van der Waals surface area contributed by atoms with Crippen LogP contribution in [0.15, 0.2) is 23.1 Å². The molecule has 1 aliphatic heterocycles. The number of hydrogen-bond acceptors (Lipinski definition) is 4. The largest absolute Gasteiger partial charge is 0.392 e. The van der Waals surface area contributed by atoms with E-state index in [0.29, 0.717) is 25.3 Å². The zero-order valence-electron chi connectivity index (χ0n) is 12.0. The number of ether oxygens (including phenoxy) is 1. The summed E-state index contributed by atoms with van der Waals surface area (Å²) in [5, 5.41) is 9.35. The lowest BCUT2D eigenvalue weighted by Crippen LogP contribution is -2.43. The number of aliphatic hydroxyl groups is 1. The molecule has 0 aliphatic carbocycles. The summed E-state index contributed by atoms with van der Waals surface area (Å²) in [6.45, 7) is 3.13. The van der Waals surface area contributed by atoms with E-state index in [1.54, 1.807) is 6.07 Å². The number of nitrogens with zero attached hydrogens (tertiary/aromatic N) is 1. The summed E-state index contributed by atoms with van der Waals surface area (Å²) in [5.74, 6) is 0. The van der Waals surface area contributed by atoms with Gasteiger partial charge in [-0.15, -0.1) is 0 Å². The van der Waals surface area contributed by atoms with E-state index in [2.05, 4.69) is 0 Å². The van der Waals surface area contributed by atoms with Gasteiger partial charge in [-0.3, -0.25) is 0 Å². The third-order valence-electron chi connectivity index (χ3n) is 3.58. The van der Waals surface area contributed by atoms with Gasteiger partial charge >= 0.3 is 0 Å². The van der Waals surface area contributed by atoms with Crippen molar-refractivity contribution in [1.82, 2.24) is 4.31 Å². The number of sulfonamides is 1. The summed E-state index contributed by atoms with van der Waals surface area (Å²) in [6, 6.07) is 4.42. The fraction of sp³-hybridized carbons (Fsp3) is 0.571. The molecular formula is C14H20ClNO4S. The molecule has 0 aromatic heterocycles. The fourth-order valence-electron chi connectivity index (χ4n) is 2.46. The molecule has 5 nitrogen and oxygen atoms in total. The zero-order valence-corrected chi connectivity index (χ0v) is 13.5. The van der Waals surface area contributed by atoms with Crippen molar-refractivity contribution in [3.63, 3.8) is 0 Å². The van der Waals surface area contributed by atoms with Crippen LogP contribution in [0.25, 0.3) is 0 Å². The molecule has 1 aliphatic rings. The van der Waals surface area contributed by atoms with Crippen LogP contribution in [0.2, 0.25) is 5.02 Å². The number of benzene rings is 1. The van der Waals surface area contributed by atoms with Gasteiger partial charge in [0.2, 0.25) is 10.0 Å². The molecule has 0 radical (unpaired) electrons. The second kappa shape index (κ2) is 7.07. The fourth-order valence-corrected chi connectivity index (χ4v) is 4.30. The lowest BCUT2D eigenvalue weighted by Gasteiger charge is -2.31. The van der Waals surface area contributed by atoms with E-state index in [9.17, 15) is 8.42 Å². The first-order valence-electron chi connectivity index (χ1n) is 7.00. The molecule has 1 atom stereocenters. The molecule has 118 valence electrons. The van der Waals surface area contributed by atoms with Crippen molar-refractivity contribution in [2.45, 2.75) is 37.4 Å². The SMILES string of the molecule is CCOC1CCCN(S(=O)(=O)c2ccc(CO)c(Cl)c2)C1. The first kappa shape index (κ1) is 16.7. The minimum absolute atomic E-state index is 0.0503. The predicted molar refractivity (Wildman–Crippen MR) is 80.8 cm³/mol. The Balaban J connectivity index is 2.23. The maximum atomic E-state index is 12.6. The Labute approximate surface area is 130 Å². The molecular weight excluding hydrogens is 314 g/mol. The van der Waals surface area contributed by atoms with E-state index < -0.39 is 10.0 Å². The Morgan fingerprint density at radius 2 is 2.24 bits per heavy atom.